The number of aldehydes is 1. The lowest BCUT2D eigenvalue weighted by molar-refractivity contribution is -0.104. The maximum atomic E-state index is 10.7. The molecule has 5 heteroatoms. The van der Waals surface area contributed by atoms with E-state index in [1.165, 1.54) is 6.08 Å². The van der Waals surface area contributed by atoms with Crippen LogP contribution in [-0.2, 0) is 9.53 Å². The van der Waals surface area contributed by atoms with Crippen molar-refractivity contribution >= 4 is 12.5 Å². The summed E-state index contributed by atoms with van der Waals surface area (Å²) in [5, 5.41) is 6.27. The minimum absolute atomic E-state index is 0.0927. The monoisotopic (exact) mass is 350 g/mol. The van der Waals surface area contributed by atoms with Crippen LogP contribution in [-0.4, -0.2) is 37.3 Å². The Morgan fingerprint density at radius 2 is 1.92 bits per heavy atom. The summed E-state index contributed by atoms with van der Waals surface area (Å²) in [4.78, 5) is 10.7. The standard InChI is InChI=1S/C21H22N2O3/c1-2-25-14-15-26-19-10-8-17(9-11-19)21-20-7-4-3-6-18(20)16-22-23(21)12-5-13-24/h3-13,16,21H,2,14-15H2,1H3. The van der Waals surface area contributed by atoms with E-state index in [2.05, 4.69) is 11.2 Å². The molecule has 0 aliphatic carbocycles. The van der Waals surface area contributed by atoms with Crippen LogP contribution in [0, 0.1) is 0 Å². The van der Waals surface area contributed by atoms with Crippen molar-refractivity contribution < 1.29 is 14.3 Å². The van der Waals surface area contributed by atoms with Crippen LogP contribution in [0.2, 0.25) is 0 Å². The molecule has 0 bridgehead atoms. The molecule has 134 valence electrons. The van der Waals surface area contributed by atoms with Crippen LogP contribution in [0.5, 0.6) is 5.75 Å². The summed E-state index contributed by atoms with van der Waals surface area (Å²) in [6.45, 7) is 3.75. The Labute approximate surface area is 153 Å². The van der Waals surface area contributed by atoms with Crippen molar-refractivity contribution in [2.45, 2.75) is 13.0 Å². The summed E-state index contributed by atoms with van der Waals surface area (Å²) in [5.74, 6) is 0.802. The van der Waals surface area contributed by atoms with Crippen LogP contribution in [0.4, 0.5) is 0 Å². The van der Waals surface area contributed by atoms with Crippen LogP contribution >= 0.6 is 0 Å². The number of hydrogen-bond donors (Lipinski definition) is 0. The van der Waals surface area contributed by atoms with E-state index in [1.807, 2.05) is 55.6 Å². The number of rotatable bonds is 8. The second kappa shape index (κ2) is 8.97. The van der Waals surface area contributed by atoms with Crippen molar-refractivity contribution in [1.29, 1.82) is 0 Å². The van der Waals surface area contributed by atoms with Crippen LogP contribution in [0.15, 0.2) is 65.9 Å². The Bertz CT molecular complexity index is 784. The highest BCUT2D eigenvalue weighted by Crippen LogP contribution is 2.34. The van der Waals surface area contributed by atoms with Gasteiger partial charge >= 0.3 is 0 Å². The second-order valence-corrected chi connectivity index (χ2v) is 5.75. The summed E-state index contributed by atoms with van der Waals surface area (Å²) in [5.41, 5.74) is 3.29. The number of carbonyl (C=O) groups is 1. The third-order valence-electron chi connectivity index (χ3n) is 4.10. The number of hydrazone groups is 1. The maximum Gasteiger partial charge on any atom is 0.144 e. The maximum absolute atomic E-state index is 10.7. The van der Waals surface area contributed by atoms with Gasteiger partial charge in [-0.05, 0) is 36.3 Å². The smallest absolute Gasteiger partial charge is 0.144 e. The molecule has 5 nitrogen and oxygen atoms in total. The van der Waals surface area contributed by atoms with Crippen LogP contribution < -0.4 is 4.74 Å². The highest BCUT2D eigenvalue weighted by molar-refractivity contribution is 5.83. The van der Waals surface area contributed by atoms with Gasteiger partial charge in [-0.25, -0.2) is 0 Å². The van der Waals surface area contributed by atoms with Gasteiger partial charge in [-0.15, -0.1) is 0 Å². The second-order valence-electron chi connectivity index (χ2n) is 5.75. The number of hydrogen-bond acceptors (Lipinski definition) is 5. The first-order valence-electron chi connectivity index (χ1n) is 8.67. The van der Waals surface area contributed by atoms with E-state index in [0.717, 1.165) is 28.7 Å². The lowest BCUT2D eigenvalue weighted by Gasteiger charge is -2.31. The van der Waals surface area contributed by atoms with Crippen molar-refractivity contribution in [3.63, 3.8) is 0 Å². The average Bonchev–Trinajstić information content (AvgIpc) is 2.70. The molecule has 0 aromatic heterocycles. The van der Waals surface area contributed by atoms with Crippen molar-refractivity contribution in [1.82, 2.24) is 5.01 Å². The summed E-state index contributed by atoms with van der Waals surface area (Å²) < 4.78 is 11.0. The van der Waals surface area contributed by atoms with Gasteiger partial charge in [0.15, 0.2) is 0 Å². The van der Waals surface area contributed by atoms with E-state index in [9.17, 15) is 4.79 Å². The normalized spacial score (nSPS) is 15.9. The molecular weight excluding hydrogens is 328 g/mol. The van der Waals surface area contributed by atoms with Gasteiger partial charge in [0.05, 0.1) is 12.8 Å². The highest BCUT2D eigenvalue weighted by atomic mass is 16.5. The number of allylic oxidation sites excluding steroid dienone is 1. The van der Waals surface area contributed by atoms with Gasteiger partial charge in [-0.2, -0.15) is 5.10 Å². The molecule has 1 unspecified atom stereocenters. The Hall–Kier alpha value is -2.92. The van der Waals surface area contributed by atoms with Gasteiger partial charge in [-0.3, -0.25) is 9.80 Å². The zero-order valence-electron chi connectivity index (χ0n) is 14.7. The fourth-order valence-corrected chi connectivity index (χ4v) is 2.90. The summed E-state index contributed by atoms with van der Waals surface area (Å²) in [6.07, 6.45) is 5.70. The largest absolute Gasteiger partial charge is 0.491 e. The van der Waals surface area contributed by atoms with E-state index in [1.54, 1.807) is 11.2 Å². The average molecular weight is 350 g/mol. The Morgan fingerprint density at radius 3 is 2.69 bits per heavy atom. The lowest BCUT2D eigenvalue weighted by Crippen LogP contribution is -2.24. The first-order chi connectivity index (χ1) is 12.8. The molecule has 2 aromatic rings. The minimum Gasteiger partial charge on any atom is -0.491 e. The summed E-state index contributed by atoms with van der Waals surface area (Å²) in [6, 6.07) is 16.0. The van der Waals surface area contributed by atoms with E-state index in [0.29, 0.717) is 19.8 Å². The van der Waals surface area contributed by atoms with E-state index in [-0.39, 0.29) is 6.04 Å². The molecule has 1 heterocycles. The quantitative estimate of drug-likeness (QED) is 0.415. The molecule has 0 radical (unpaired) electrons. The first kappa shape index (κ1) is 17.9. The van der Waals surface area contributed by atoms with Crippen LogP contribution in [0.1, 0.15) is 29.7 Å². The molecule has 1 aliphatic rings. The molecule has 0 amide bonds. The van der Waals surface area contributed by atoms with E-state index >= 15 is 0 Å². The zero-order chi connectivity index (χ0) is 18.2. The van der Waals surface area contributed by atoms with Gasteiger partial charge in [-0.1, -0.05) is 36.4 Å². The number of fused-ring (bicyclic) bond motifs is 1. The van der Waals surface area contributed by atoms with E-state index in [4.69, 9.17) is 9.47 Å². The van der Waals surface area contributed by atoms with E-state index < -0.39 is 0 Å². The van der Waals surface area contributed by atoms with Crippen molar-refractivity contribution in [2.75, 3.05) is 19.8 Å². The molecule has 0 saturated carbocycles. The summed E-state index contributed by atoms with van der Waals surface area (Å²) in [7, 11) is 0. The number of nitrogens with zero attached hydrogens (tertiary/aromatic N) is 2. The molecule has 2 aromatic carbocycles. The van der Waals surface area contributed by atoms with Gasteiger partial charge < -0.3 is 9.47 Å². The highest BCUT2D eigenvalue weighted by Gasteiger charge is 2.25. The summed E-state index contributed by atoms with van der Waals surface area (Å²) >= 11 is 0. The lowest BCUT2D eigenvalue weighted by atomic mass is 9.93. The Kier molecular flexibility index (Phi) is 6.17. The molecule has 26 heavy (non-hydrogen) atoms. The molecule has 0 fully saturated rings. The van der Waals surface area contributed by atoms with Crippen molar-refractivity contribution in [3.05, 3.63) is 77.5 Å². The van der Waals surface area contributed by atoms with Crippen molar-refractivity contribution in [2.24, 2.45) is 5.10 Å². The molecular formula is C21H22N2O3. The third kappa shape index (κ3) is 4.18. The Morgan fingerprint density at radius 1 is 1.12 bits per heavy atom. The third-order valence-corrected chi connectivity index (χ3v) is 4.10. The molecule has 1 aliphatic heterocycles. The fourth-order valence-electron chi connectivity index (χ4n) is 2.90. The number of carbonyl (C=O) groups excluding carboxylic acids is 1. The number of ether oxygens (including phenoxy) is 2. The van der Waals surface area contributed by atoms with Crippen molar-refractivity contribution in [3.8, 4) is 5.75 Å². The van der Waals surface area contributed by atoms with Gasteiger partial charge in [0, 0.05) is 18.4 Å². The SMILES string of the molecule is CCOCCOc1ccc(C2c3ccccc3C=NN2C=CC=O)cc1. The van der Waals surface area contributed by atoms with Crippen LogP contribution in [0.3, 0.4) is 0 Å². The van der Waals surface area contributed by atoms with Gasteiger partial charge in [0.25, 0.3) is 0 Å². The predicted molar refractivity (Wildman–Crippen MR) is 101 cm³/mol. The zero-order valence-corrected chi connectivity index (χ0v) is 14.7. The number of benzene rings is 2. The molecule has 0 spiro atoms. The molecule has 0 saturated heterocycles. The Balaban J connectivity index is 1.83. The topological polar surface area (TPSA) is 51.1 Å². The minimum atomic E-state index is -0.0927. The predicted octanol–water partition coefficient (Wildman–Crippen LogP) is 3.55. The van der Waals surface area contributed by atoms with Gasteiger partial charge in [0.1, 0.15) is 24.7 Å². The molecule has 3 rings (SSSR count). The first-order valence-corrected chi connectivity index (χ1v) is 8.67. The molecule has 0 N–H and O–H groups in total. The fraction of sp³-hybridized carbons (Fsp3) is 0.238. The van der Waals surface area contributed by atoms with Crippen LogP contribution in [0.25, 0.3) is 0 Å². The van der Waals surface area contributed by atoms with Gasteiger partial charge in [0.2, 0.25) is 0 Å². The molecule has 1 atom stereocenters.